The minimum Gasteiger partial charge on any atom is -0.444 e. The fourth-order valence-electron chi connectivity index (χ4n) is 3.65. The molecule has 0 aromatic rings. The molecule has 4 atom stereocenters. The molecule has 0 aromatic carbocycles. The number of nitrogens with one attached hydrogen (secondary N) is 2. The van der Waals surface area contributed by atoms with E-state index in [0.29, 0.717) is 30.7 Å². The van der Waals surface area contributed by atoms with E-state index in [2.05, 4.69) is 17.6 Å². The zero-order valence-corrected chi connectivity index (χ0v) is 15.2. The molecule has 2 N–H and O–H groups in total. The molecule has 1 heterocycles. The maximum Gasteiger partial charge on any atom is 0.407 e. The number of hydrogen-bond acceptors (Lipinski definition) is 4. The Hall–Kier alpha value is -0.810. The molecule has 1 aliphatic heterocycles. The van der Waals surface area contributed by atoms with Gasteiger partial charge >= 0.3 is 6.09 Å². The maximum atomic E-state index is 11.9. The van der Waals surface area contributed by atoms with Gasteiger partial charge in [0, 0.05) is 25.2 Å². The van der Waals surface area contributed by atoms with Gasteiger partial charge in [0.2, 0.25) is 0 Å². The molecule has 1 saturated carbocycles. The van der Waals surface area contributed by atoms with Crippen LogP contribution in [0.15, 0.2) is 0 Å². The summed E-state index contributed by atoms with van der Waals surface area (Å²) in [7, 11) is 0. The van der Waals surface area contributed by atoms with E-state index >= 15 is 0 Å². The monoisotopic (exact) mass is 326 g/mol. The van der Waals surface area contributed by atoms with Crippen molar-refractivity contribution in [2.75, 3.05) is 13.2 Å². The van der Waals surface area contributed by atoms with Crippen LogP contribution in [0, 0.1) is 5.92 Å². The number of ether oxygens (including phenoxy) is 2. The van der Waals surface area contributed by atoms with Crippen LogP contribution in [0.5, 0.6) is 0 Å². The van der Waals surface area contributed by atoms with Crippen molar-refractivity contribution < 1.29 is 14.3 Å². The third-order valence-electron chi connectivity index (χ3n) is 4.75. The molecule has 1 amide bonds. The van der Waals surface area contributed by atoms with Crippen LogP contribution in [0.3, 0.4) is 0 Å². The lowest BCUT2D eigenvalue weighted by Crippen LogP contribution is -2.50. The molecule has 134 valence electrons. The Kier molecular flexibility index (Phi) is 6.72. The van der Waals surface area contributed by atoms with Crippen molar-refractivity contribution in [3.05, 3.63) is 0 Å². The van der Waals surface area contributed by atoms with Gasteiger partial charge in [-0.2, -0.15) is 0 Å². The molecule has 5 heteroatoms. The molecule has 2 fully saturated rings. The number of carbonyl (C=O) groups excluding carboxylic acids is 1. The van der Waals surface area contributed by atoms with Gasteiger partial charge in [-0.3, -0.25) is 0 Å². The molecule has 0 spiro atoms. The normalized spacial score (nSPS) is 32.3. The zero-order valence-electron chi connectivity index (χ0n) is 15.2. The van der Waals surface area contributed by atoms with Crippen LogP contribution < -0.4 is 10.6 Å². The summed E-state index contributed by atoms with van der Waals surface area (Å²) in [4.78, 5) is 11.9. The Morgan fingerprint density at radius 2 is 1.96 bits per heavy atom. The van der Waals surface area contributed by atoms with Gasteiger partial charge in [-0.15, -0.1) is 0 Å². The molecule has 0 radical (unpaired) electrons. The van der Waals surface area contributed by atoms with E-state index in [1.807, 2.05) is 20.8 Å². The minimum absolute atomic E-state index is 0.304. The van der Waals surface area contributed by atoms with E-state index in [9.17, 15) is 4.79 Å². The third-order valence-corrected chi connectivity index (χ3v) is 4.75. The van der Waals surface area contributed by atoms with Crippen molar-refractivity contribution in [2.24, 2.45) is 5.92 Å². The Labute approximate surface area is 140 Å². The summed E-state index contributed by atoms with van der Waals surface area (Å²) < 4.78 is 11.0. The second-order valence-electron chi connectivity index (χ2n) is 8.10. The number of carbonyl (C=O) groups is 1. The van der Waals surface area contributed by atoms with Crippen molar-refractivity contribution in [1.29, 1.82) is 0 Å². The predicted molar refractivity (Wildman–Crippen MR) is 91.6 cm³/mol. The molecule has 0 aromatic heterocycles. The van der Waals surface area contributed by atoms with Crippen molar-refractivity contribution in [3.8, 4) is 0 Å². The van der Waals surface area contributed by atoms with Gasteiger partial charge in [0.25, 0.3) is 0 Å². The minimum atomic E-state index is -0.438. The van der Waals surface area contributed by atoms with Gasteiger partial charge in [-0.1, -0.05) is 12.8 Å². The predicted octanol–water partition coefficient (Wildman–Crippen LogP) is 3.23. The highest BCUT2D eigenvalue weighted by Gasteiger charge is 2.29. The smallest absolute Gasteiger partial charge is 0.407 e. The summed E-state index contributed by atoms with van der Waals surface area (Å²) in [6, 6.07) is 1.04. The quantitative estimate of drug-likeness (QED) is 0.833. The second-order valence-corrected chi connectivity index (χ2v) is 8.10. The fraction of sp³-hybridized carbons (Fsp3) is 0.944. The van der Waals surface area contributed by atoms with Crippen LogP contribution in [-0.2, 0) is 9.47 Å². The van der Waals surface area contributed by atoms with Crippen molar-refractivity contribution in [2.45, 2.75) is 90.0 Å². The number of alkyl carbamates (subject to hydrolysis) is 1. The molecule has 1 aliphatic carbocycles. The molecule has 4 unspecified atom stereocenters. The summed E-state index contributed by atoms with van der Waals surface area (Å²) in [6.45, 7) is 9.38. The Morgan fingerprint density at radius 1 is 1.22 bits per heavy atom. The van der Waals surface area contributed by atoms with E-state index in [1.165, 1.54) is 25.7 Å². The van der Waals surface area contributed by atoms with Crippen LogP contribution in [0.1, 0.15) is 66.2 Å². The first kappa shape index (κ1) is 18.5. The molecule has 1 saturated heterocycles. The highest BCUT2D eigenvalue weighted by atomic mass is 16.6. The van der Waals surface area contributed by atoms with Gasteiger partial charge in [-0.05, 0) is 59.3 Å². The summed E-state index contributed by atoms with van der Waals surface area (Å²) >= 11 is 0. The molecule has 2 aliphatic rings. The van der Waals surface area contributed by atoms with E-state index < -0.39 is 5.60 Å². The molecule has 23 heavy (non-hydrogen) atoms. The molecular formula is C18H34N2O3. The lowest BCUT2D eigenvalue weighted by molar-refractivity contribution is 0.00834. The lowest BCUT2D eigenvalue weighted by atomic mass is 9.83. The Balaban J connectivity index is 1.79. The van der Waals surface area contributed by atoms with Crippen LogP contribution in [0.2, 0.25) is 0 Å². The highest BCUT2D eigenvalue weighted by Crippen LogP contribution is 2.26. The second kappa shape index (κ2) is 8.34. The molecular weight excluding hydrogens is 292 g/mol. The molecule has 2 rings (SSSR count). The average Bonchev–Trinajstić information content (AvgIpc) is 2.44. The van der Waals surface area contributed by atoms with Gasteiger partial charge in [0.05, 0.1) is 6.10 Å². The molecule has 0 bridgehead atoms. The first-order valence-electron chi connectivity index (χ1n) is 9.18. The number of hydrogen-bond donors (Lipinski definition) is 2. The van der Waals surface area contributed by atoms with Crippen molar-refractivity contribution in [1.82, 2.24) is 10.6 Å². The Bertz CT molecular complexity index is 381. The summed E-state index contributed by atoms with van der Waals surface area (Å²) in [6.07, 6.45) is 7.13. The van der Waals surface area contributed by atoms with Crippen LogP contribution in [-0.4, -0.2) is 43.0 Å². The number of amides is 1. The van der Waals surface area contributed by atoms with E-state index in [4.69, 9.17) is 9.47 Å². The first-order valence-corrected chi connectivity index (χ1v) is 9.18. The van der Waals surface area contributed by atoms with Gasteiger partial charge in [0.1, 0.15) is 5.60 Å². The van der Waals surface area contributed by atoms with Crippen LogP contribution in [0.25, 0.3) is 0 Å². The summed E-state index contributed by atoms with van der Waals surface area (Å²) in [5.74, 6) is 0.495. The van der Waals surface area contributed by atoms with Gasteiger partial charge in [0.15, 0.2) is 0 Å². The third kappa shape index (κ3) is 6.68. The largest absolute Gasteiger partial charge is 0.444 e. The SMILES string of the molecule is CC1CC(NC2CCCCC2CNC(=O)OC(C)(C)C)CCO1. The average molecular weight is 326 g/mol. The first-order chi connectivity index (χ1) is 10.8. The highest BCUT2D eigenvalue weighted by molar-refractivity contribution is 5.67. The van der Waals surface area contributed by atoms with Gasteiger partial charge in [-0.25, -0.2) is 4.79 Å². The standard InChI is InChI=1S/C18H34N2O3/c1-13-11-15(9-10-22-13)20-16-8-6-5-7-14(16)12-19-17(21)23-18(2,3)4/h13-16,20H,5-12H2,1-4H3,(H,19,21). The van der Waals surface area contributed by atoms with E-state index in [-0.39, 0.29) is 6.09 Å². The summed E-state index contributed by atoms with van der Waals surface area (Å²) in [5.41, 5.74) is -0.438. The summed E-state index contributed by atoms with van der Waals surface area (Å²) in [5, 5.41) is 6.80. The Morgan fingerprint density at radius 3 is 2.65 bits per heavy atom. The van der Waals surface area contributed by atoms with Crippen molar-refractivity contribution >= 4 is 6.09 Å². The lowest BCUT2D eigenvalue weighted by Gasteiger charge is -2.37. The van der Waals surface area contributed by atoms with E-state index in [0.717, 1.165) is 19.4 Å². The molecule has 5 nitrogen and oxygen atoms in total. The van der Waals surface area contributed by atoms with Crippen LogP contribution in [0.4, 0.5) is 4.79 Å². The topological polar surface area (TPSA) is 59.6 Å². The van der Waals surface area contributed by atoms with E-state index in [1.54, 1.807) is 0 Å². The zero-order chi connectivity index (χ0) is 16.9. The number of rotatable bonds is 4. The van der Waals surface area contributed by atoms with Crippen molar-refractivity contribution in [3.63, 3.8) is 0 Å². The fourth-order valence-corrected chi connectivity index (χ4v) is 3.65. The van der Waals surface area contributed by atoms with Gasteiger partial charge < -0.3 is 20.1 Å². The maximum absolute atomic E-state index is 11.9. The van der Waals surface area contributed by atoms with Crippen LogP contribution >= 0.6 is 0 Å².